The summed E-state index contributed by atoms with van der Waals surface area (Å²) in [4.78, 5) is 14.8. The summed E-state index contributed by atoms with van der Waals surface area (Å²) >= 11 is 4.08. The first kappa shape index (κ1) is 15.1. The Balaban J connectivity index is 2.03. The van der Waals surface area contributed by atoms with Gasteiger partial charge in [-0.15, -0.1) is 11.3 Å². The number of rotatable bonds is 4. The molecule has 6 heteroatoms. The molecular formula is C13H18INO3S. The van der Waals surface area contributed by atoms with Gasteiger partial charge in [0.05, 0.1) is 16.1 Å². The SMILES string of the molecule is CCCCOC(=O)N(C)C1OCCc2sc(I)cc21. The van der Waals surface area contributed by atoms with Crippen LogP contribution in [0.3, 0.4) is 0 Å². The first-order valence-electron chi connectivity index (χ1n) is 6.42. The van der Waals surface area contributed by atoms with Crippen molar-refractivity contribution in [1.82, 2.24) is 4.90 Å². The van der Waals surface area contributed by atoms with Crippen LogP contribution in [0.2, 0.25) is 0 Å². The number of hydrogen-bond donors (Lipinski definition) is 0. The summed E-state index contributed by atoms with van der Waals surface area (Å²) in [6.07, 6.45) is 2.22. The predicted octanol–water partition coefficient (Wildman–Crippen LogP) is 3.79. The number of carbonyl (C=O) groups is 1. The lowest BCUT2D eigenvalue weighted by Gasteiger charge is -2.30. The largest absolute Gasteiger partial charge is 0.449 e. The lowest BCUT2D eigenvalue weighted by Crippen LogP contribution is -2.35. The third-order valence-corrected chi connectivity index (χ3v) is 5.02. The van der Waals surface area contributed by atoms with Crippen LogP contribution in [-0.2, 0) is 15.9 Å². The van der Waals surface area contributed by atoms with Gasteiger partial charge >= 0.3 is 6.09 Å². The Labute approximate surface area is 131 Å². The van der Waals surface area contributed by atoms with E-state index in [1.54, 1.807) is 23.3 Å². The molecule has 2 rings (SSSR count). The molecule has 2 heterocycles. The Kier molecular flexibility index (Phi) is 5.47. The highest BCUT2D eigenvalue weighted by molar-refractivity contribution is 14.1. The summed E-state index contributed by atoms with van der Waals surface area (Å²) in [6.45, 7) is 3.20. The Morgan fingerprint density at radius 3 is 3.21 bits per heavy atom. The van der Waals surface area contributed by atoms with Gasteiger partial charge in [0.15, 0.2) is 6.23 Å². The van der Waals surface area contributed by atoms with Crippen molar-refractivity contribution in [3.8, 4) is 0 Å². The van der Waals surface area contributed by atoms with Gasteiger partial charge in [-0.25, -0.2) is 4.79 Å². The van der Waals surface area contributed by atoms with Crippen LogP contribution in [0.25, 0.3) is 0 Å². The van der Waals surface area contributed by atoms with Crippen molar-refractivity contribution >= 4 is 40.0 Å². The van der Waals surface area contributed by atoms with Crippen molar-refractivity contribution in [3.63, 3.8) is 0 Å². The van der Waals surface area contributed by atoms with E-state index in [1.807, 2.05) is 0 Å². The van der Waals surface area contributed by atoms with Crippen molar-refractivity contribution in [1.29, 1.82) is 0 Å². The molecule has 0 N–H and O–H groups in total. The average molecular weight is 395 g/mol. The molecule has 1 unspecified atom stereocenters. The van der Waals surface area contributed by atoms with Crippen molar-refractivity contribution in [2.75, 3.05) is 20.3 Å². The topological polar surface area (TPSA) is 38.8 Å². The van der Waals surface area contributed by atoms with Crippen LogP contribution >= 0.6 is 33.9 Å². The Morgan fingerprint density at radius 2 is 2.47 bits per heavy atom. The molecule has 4 nitrogen and oxygen atoms in total. The smallest absolute Gasteiger partial charge is 0.411 e. The van der Waals surface area contributed by atoms with Gasteiger partial charge in [0.1, 0.15) is 0 Å². The summed E-state index contributed by atoms with van der Waals surface area (Å²) in [5.74, 6) is 0. The molecule has 1 aromatic heterocycles. The van der Waals surface area contributed by atoms with Crippen molar-refractivity contribution in [2.45, 2.75) is 32.4 Å². The van der Waals surface area contributed by atoms with E-state index in [4.69, 9.17) is 9.47 Å². The van der Waals surface area contributed by atoms with E-state index in [0.29, 0.717) is 13.2 Å². The van der Waals surface area contributed by atoms with Crippen LogP contribution in [0.15, 0.2) is 6.07 Å². The molecule has 106 valence electrons. The molecule has 1 atom stereocenters. The molecule has 0 spiro atoms. The van der Waals surface area contributed by atoms with Gasteiger partial charge in [-0.1, -0.05) is 13.3 Å². The van der Waals surface area contributed by atoms with Gasteiger partial charge in [-0.2, -0.15) is 0 Å². The number of amides is 1. The lowest BCUT2D eigenvalue weighted by molar-refractivity contribution is -0.0523. The highest BCUT2D eigenvalue weighted by Gasteiger charge is 2.30. The van der Waals surface area contributed by atoms with Gasteiger partial charge in [-0.3, -0.25) is 4.90 Å². The predicted molar refractivity (Wildman–Crippen MR) is 83.5 cm³/mol. The third-order valence-electron chi connectivity index (χ3n) is 3.05. The number of fused-ring (bicyclic) bond motifs is 1. The number of unbranched alkanes of at least 4 members (excludes halogenated alkanes) is 1. The average Bonchev–Trinajstić information content (AvgIpc) is 2.78. The molecule has 1 aliphatic rings. The number of hydrogen-bond acceptors (Lipinski definition) is 4. The minimum absolute atomic E-state index is 0.308. The summed E-state index contributed by atoms with van der Waals surface area (Å²) in [5.41, 5.74) is 1.11. The van der Waals surface area contributed by atoms with E-state index in [2.05, 4.69) is 35.6 Å². The number of nitrogens with zero attached hydrogens (tertiary/aromatic N) is 1. The zero-order valence-corrected chi connectivity index (χ0v) is 14.1. The Bertz CT molecular complexity index is 449. The fourth-order valence-corrected chi connectivity index (χ4v) is 4.01. The van der Waals surface area contributed by atoms with Gasteiger partial charge in [0, 0.05) is 23.9 Å². The van der Waals surface area contributed by atoms with Gasteiger partial charge in [0.25, 0.3) is 0 Å². The maximum atomic E-state index is 12.0. The molecule has 1 amide bonds. The molecule has 0 radical (unpaired) electrons. The van der Waals surface area contributed by atoms with Crippen molar-refractivity contribution in [3.05, 3.63) is 19.4 Å². The number of halogens is 1. The van der Waals surface area contributed by atoms with Gasteiger partial charge < -0.3 is 9.47 Å². The summed E-state index contributed by atoms with van der Waals surface area (Å²) in [6, 6.07) is 2.10. The number of ether oxygens (including phenoxy) is 2. The molecule has 0 bridgehead atoms. The molecule has 0 saturated carbocycles. The second-order valence-corrected chi connectivity index (χ2v) is 7.51. The second kappa shape index (κ2) is 6.90. The zero-order chi connectivity index (χ0) is 13.8. The summed E-state index contributed by atoms with van der Waals surface area (Å²) < 4.78 is 12.2. The maximum absolute atomic E-state index is 12.0. The van der Waals surface area contributed by atoms with Crippen LogP contribution in [0, 0.1) is 2.88 Å². The van der Waals surface area contributed by atoms with Gasteiger partial charge in [-0.05, 0) is 35.1 Å². The normalized spacial score (nSPS) is 17.9. The summed E-state index contributed by atoms with van der Waals surface area (Å²) in [5, 5.41) is 0. The molecule has 1 aliphatic heterocycles. The quantitative estimate of drug-likeness (QED) is 0.575. The molecule has 0 aliphatic carbocycles. The van der Waals surface area contributed by atoms with Crippen molar-refractivity contribution < 1.29 is 14.3 Å². The molecule has 19 heavy (non-hydrogen) atoms. The maximum Gasteiger partial charge on any atom is 0.411 e. The first-order valence-corrected chi connectivity index (χ1v) is 8.32. The van der Waals surface area contributed by atoms with E-state index in [1.165, 1.54) is 7.76 Å². The molecular weight excluding hydrogens is 377 g/mol. The Hall–Kier alpha value is -0.340. The van der Waals surface area contributed by atoms with E-state index in [-0.39, 0.29) is 12.3 Å². The first-order chi connectivity index (χ1) is 9.13. The zero-order valence-electron chi connectivity index (χ0n) is 11.1. The van der Waals surface area contributed by atoms with E-state index in [0.717, 1.165) is 24.8 Å². The molecule has 1 aromatic rings. The molecule has 0 fully saturated rings. The second-order valence-electron chi connectivity index (χ2n) is 4.48. The van der Waals surface area contributed by atoms with Crippen molar-refractivity contribution in [2.24, 2.45) is 0 Å². The monoisotopic (exact) mass is 395 g/mol. The van der Waals surface area contributed by atoms with E-state index < -0.39 is 0 Å². The van der Waals surface area contributed by atoms with Gasteiger partial charge in [0.2, 0.25) is 0 Å². The number of thiophene rings is 1. The fraction of sp³-hybridized carbons (Fsp3) is 0.615. The van der Waals surface area contributed by atoms with Crippen LogP contribution in [-0.4, -0.2) is 31.3 Å². The van der Waals surface area contributed by atoms with Crippen LogP contribution in [0.4, 0.5) is 4.79 Å². The van der Waals surface area contributed by atoms with Crippen LogP contribution in [0.5, 0.6) is 0 Å². The van der Waals surface area contributed by atoms with Crippen LogP contribution < -0.4 is 0 Å². The standard InChI is InChI=1S/C13H18INO3S/c1-3-4-6-18-13(16)15(2)12-9-8-11(14)19-10(9)5-7-17-12/h8,12H,3-7H2,1-2H3. The van der Waals surface area contributed by atoms with Crippen LogP contribution in [0.1, 0.15) is 36.4 Å². The summed E-state index contributed by atoms with van der Waals surface area (Å²) in [7, 11) is 1.73. The molecule has 0 saturated heterocycles. The highest BCUT2D eigenvalue weighted by Crippen LogP contribution is 2.35. The number of carbonyl (C=O) groups excluding carboxylic acids is 1. The van der Waals surface area contributed by atoms with E-state index >= 15 is 0 Å². The minimum atomic E-state index is -0.312. The highest BCUT2D eigenvalue weighted by atomic mass is 127. The Morgan fingerprint density at radius 1 is 1.68 bits per heavy atom. The van der Waals surface area contributed by atoms with E-state index in [9.17, 15) is 4.79 Å². The lowest BCUT2D eigenvalue weighted by atomic mass is 10.1. The fourth-order valence-electron chi connectivity index (χ4n) is 1.99. The minimum Gasteiger partial charge on any atom is -0.449 e. The third kappa shape index (κ3) is 3.61. The molecule has 0 aromatic carbocycles.